The van der Waals surface area contributed by atoms with Gasteiger partial charge in [-0.05, 0) is 18.5 Å². The molecule has 0 bridgehead atoms. The molecule has 1 fully saturated rings. The number of hydrogen-bond acceptors (Lipinski definition) is 3. The summed E-state index contributed by atoms with van der Waals surface area (Å²) in [5.41, 5.74) is 2.51. The van der Waals surface area contributed by atoms with Gasteiger partial charge in [0.15, 0.2) is 11.6 Å². The lowest BCUT2D eigenvalue weighted by Crippen LogP contribution is -2.50. The van der Waals surface area contributed by atoms with Crippen LogP contribution in [0.1, 0.15) is 45.5 Å². The van der Waals surface area contributed by atoms with Crippen LogP contribution in [0.5, 0.6) is 0 Å². The molecule has 31 heavy (non-hydrogen) atoms. The smallest absolute Gasteiger partial charge is 0.167 e. The molecule has 4 rings (SSSR count). The Kier molecular flexibility index (Phi) is 6.73. The average Bonchev–Trinajstić information content (AvgIpc) is 2.84. The van der Waals surface area contributed by atoms with Crippen LogP contribution < -0.4 is 0 Å². The quantitative estimate of drug-likeness (QED) is 0.482. The van der Waals surface area contributed by atoms with Crippen molar-refractivity contribution in [1.82, 2.24) is 4.90 Å². The van der Waals surface area contributed by atoms with Gasteiger partial charge in [-0.1, -0.05) is 97.9 Å². The minimum absolute atomic E-state index is 0.126. The fourth-order valence-electron chi connectivity index (χ4n) is 4.90. The molecule has 3 heteroatoms. The second-order valence-electron chi connectivity index (χ2n) is 8.37. The normalized spacial score (nSPS) is 21.5. The van der Waals surface area contributed by atoms with Gasteiger partial charge < -0.3 is 4.90 Å². The Morgan fingerprint density at radius 3 is 1.55 bits per heavy atom. The Balaban J connectivity index is 1.78. The van der Waals surface area contributed by atoms with E-state index in [1.54, 1.807) is 0 Å². The number of likely N-dealkylation sites (tertiary alicyclic amines) is 1. The molecule has 0 radical (unpaired) electrons. The van der Waals surface area contributed by atoms with Crippen LogP contribution in [-0.2, 0) is 0 Å². The molecule has 3 nitrogen and oxygen atoms in total. The maximum atomic E-state index is 13.7. The van der Waals surface area contributed by atoms with Crippen LogP contribution in [0.3, 0.4) is 0 Å². The fourth-order valence-corrected chi connectivity index (χ4v) is 4.90. The Morgan fingerprint density at radius 2 is 1.13 bits per heavy atom. The highest BCUT2D eigenvalue weighted by Crippen LogP contribution is 2.40. The number of piperidine rings is 1. The van der Waals surface area contributed by atoms with Gasteiger partial charge in [-0.25, -0.2) is 0 Å². The maximum absolute atomic E-state index is 13.7. The van der Waals surface area contributed by atoms with E-state index in [-0.39, 0.29) is 29.3 Å². The van der Waals surface area contributed by atoms with E-state index in [0.717, 1.165) is 29.7 Å². The van der Waals surface area contributed by atoms with Gasteiger partial charge in [0.2, 0.25) is 0 Å². The standard InChI is InChI=1S/C28H29NO2/c1-2-18-29-19-24(27(30)22-14-8-4-9-15-22)26(21-12-6-3-7-13-21)25(20-29)28(31)23-16-10-5-11-17-23/h3-17,24-26H,2,18-20H2,1H3/t24-,25+,26-. The van der Waals surface area contributed by atoms with Crippen molar-refractivity contribution in [3.8, 4) is 0 Å². The number of nitrogens with zero attached hydrogens (tertiary/aromatic N) is 1. The van der Waals surface area contributed by atoms with Gasteiger partial charge in [0.1, 0.15) is 0 Å². The first-order valence-corrected chi connectivity index (χ1v) is 11.1. The van der Waals surface area contributed by atoms with Gasteiger partial charge in [0.25, 0.3) is 0 Å². The van der Waals surface area contributed by atoms with Crippen LogP contribution in [0.25, 0.3) is 0 Å². The molecule has 0 aromatic heterocycles. The van der Waals surface area contributed by atoms with Crippen molar-refractivity contribution in [2.24, 2.45) is 11.8 Å². The molecule has 1 heterocycles. The Bertz CT molecular complexity index is 939. The van der Waals surface area contributed by atoms with E-state index in [4.69, 9.17) is 0 Å². The van der Waals surface area contributed by atoms with Gasteiger partial charge in [-0.2, -0.15) is 0 Å². The molecule has 3 aromatic carbocycles. The van der Waals surface area contributed by atoms with Crippen molar-refractivity contribution < 1.29 is 9.59 Å². The maximum Gasteiger partial charge on any atom is 0.167 e. The Hall–Kier alpha value is -3.04. The fraction of sp³-hybridized carbons (Fsp3) is 0.286. The molecule has 1 saturated heterocycles. The van der Waals surface area contributed by atoms with E-state index in [2.05, 4.69) is 24.0 Å². The highest BCUT2D eigenvalue weighted by Gasteiger charge is 2.44. The van der Waals surface area contributed by atoms with Crippen molar-refractivity contribution in [2.45, 2.75) is 19.3 Å². The van der Waals surface area contributed by atoms with Crippen molar-refractivity contribution in [2.75, 3.05) is 19.6 Å². The number of rotatable bonds is 7. The Morgan fingerprint density at radius 1 is 0.710 bits per heavy atom. The van der Waals surface area contributed by atoms with E-state index in [1.165, 1.54) is 0 Å². The predicted molar refractivity (Wildman–Crippen MR) is 124 cm³/mol. The lowest BCUT2D eigenvalue weighted by Gasteiger charge is -2.43. The molecule has 1 aliphatic heterocycles. The number of carbonyl (C=O) groups is 2. The number of ketones is 2. The summed E-state index contributed by atoms with van der Waals surface area (Å²) in [5, 5.41) is 0. The average molecular weight is 412 g/mol. The summed E-state index contributed by atoms with van der Waals surface area (Å²) in [6, 6.07) is 29.1. The third-order valence-corrected chi connectivity index (χ3v) is 6.29. The zero-order valence-electron chi connectivity index (χ0n) is 18.0. The first-order valence-electron chi connectivity index (χ1n) is 11.1. The molecule has 3 atom stereocenters. The van der Waals surface area contributed by atoms with Crippen LogP contribution in [0.2, 0.25) is 0 Å². The zero-order valence-corrected chi connectivity index (χ0v) is 18.0. The first kappa shape index (κ1) is 21.2. The summed E-state index contributed by atoms with van der Waals surface area (Å²) in [7, 11) is 0. The highest BCUT2D eigenvalue weighted by atomic mass is 16.1. The number of carbonyl (C=O) groups excluding carboxylic acids is 2. The van der Waals surface area contributed by atoms with Crippen molar-refractivity contribution in [1.29, 1.82) is 0 Å². The molecule has 158 valence electrons. The highest BCUT2D eigenvalue weighted by molar-refractivity contribution is 6.02. The second-order valence-corrected chi connectivity index (χ2v) is 8.37. The molecular formula is C28H29NO2. The van der Waals surface area contributed by atoms with E-state index in [9.17, 15) is 9.59 Å². The summed E-state index contributed by atoms with van der Waals surface area (Å²) < 4.78 is 0. The lowest BCUT2D eigenvalue weighted by molar-refractivity contribution is 0.0573. The summed E-state index contributed by atoms with van der Waals surface area (Å²) in [5.74, 6) is -0.414. The van der Waals surface area contributed by atoms with Crippen LogP contribution in [0, 0.1) is 11.8 Å². The zero-order chi connectivity index (χ0) is 21.6. The molecule has 0 unspecified atom stereocenters. The van der Waals surface area contributed by atoms with Gasteiger partial charge in [0, 0.05) is 42.0 Å². The molecule has 0 saturated carbocycles. The predicted octanol–water partition coefficient (Wildman–Crippen LogP) is 5.49. The lowest BCUT2D eigenvalue weighted by atomic mass is 9.68. The number of hydrogen-bond donors (Lipinski definition) is 0. The van der Waals surface area contributed by atoms with Gasteiger partial charge in [-0.15, -0.1) is 0 Å². The van der Waals surface area contributed by atoms with Gasteiger partial charge in [-0.3, -0.25) is 9.59 Å². The number of benzene rings is 3. The monoisotopic (exact) mass is 411 g/mol. The molecule has 0 spiro atoms. The van der Waals surface area contributed by atoms with Crippen molar-refractivity contribution in [3.63, 3.8) is 0 Å². The molecule has 0 amide bonds. The third-order valence-electron chi connectivity index (χ3n) is 6.29. The number of Topliss-reactive ketones (excluding diaryl/α,β-unsaturated/α-hetero) is 2. The molecule has 3 aromatic rings. The third kappa shape index (κ3) is 4.67. The summed E-state index contributed by atoms with van der Waals surface area (Å²) in [6.45, 7) is 4.39. The summed E-state index contributed by atoms with van der Waals surface area (Å²) in [6.07, 6.45) is 0.995. The van der Waals surface area contributed by atoms with E-state index >= 15 is 0 Å². The molecular weight excluding hydrogens is 382 g/mol. The van der Waals surface area contributed by atoms with Gasteiger partial charge in [0.05, 0.1) is 0 Å². The molecule has 1 aliphatic rings. The topological polar surface area (TPSA) is 37.4 Å². The van der Waals surface area contributed by atoms with Crippen LogP contribution in [0.4, 0.5) is 0 Å². The molecule has 0 aliphatic carbocycles. The molecule has 0 N–H and O–H groups in total. The van der Waals surface area contributed by atoms with E-state index < -0.39 is 0 Å². The van der Waals surface area contributed by atoms with Crippen molar-refractivity contribution in [3.05, 3.63) is 108 Å². The van der Waals surface area contributed by atoms with Crippen LogP contribution >= 0.6 is 0 Å². The minimum Gasteiger partial charge on any atom is -0.302 e. The second kappa shape index (κ2) is 9.84. The summed E-state index contributed by atoms with van der Waals surface area (Å²) in [4.78, 5) is 29.7. The SMILES string of the molecule is CCCN1C[C@H](C(=O)c2ccccc2)[C@H](c2ccccc2)[C@H](C(=O)c2ccccc2)C1. The van der Waals surface area contributed by atoms with Crippen LogP contribution in [0.15, 0.2) is 91.0 Å². The van der Waals surface area contributed by atoms with Gasteiger partial charge >= 0.3 is 0 Å². The van der Waals surface area contributed by atoms with E-state index in [0.29, 0.717) is 13.1 Å². The van der Waals surface area contributed by atoms with Crippen molar-refractivity contribution >= 4 is 11.6 Å². The first-order chi connectivity index (χ1) is 15.2. The van der Waals surface area contributed by atoms with Crippen LogP contribution in [-0.4, -0.2) is 36.1 Å². The summed E-state index contributed by atoms with van der Waals surface area (Å²) >= 11 is 0. The minimum atomic E-state index is -0.261. The largest absolute Gasteiger partial charge is 0.302 e. The van der Waals surface area contributed by atoms with E-state index in [1.807, 2.05) is 78.9 Å². The Labute approximate surface area is 184 Å².